The van der Waals surface area contributed by atoms with Crippen LogP contribution in [0.3, 0.4) is 0 Å². The summed E-state index contributed by atoms with van der Waals surface area (Å²) in [4.78, 5) is 0. The number of rotatable bonds is 6. The maximum atomic E-state index is 3.39. The Morgan fingerprint density at radius 3 is 1.60 bits per heavy atom. The van der Waals surface area contributed by atoms with Crippen molar-refractivity contribution in [2.45, 2.75) is 39.5 Å². The maximum absolute atomic E-state index is 3.39. The summed E-state index contributed by atoms with van der Waals surface area (Å²) in [5.74, 6) is 0. The Labute approximate surface area is 87.3 Å². The van der Waals surface area contributed by atoms with E-state index in [0.29, 0.717) is 0 Å². The number of hydrogen-bond acceptors (Lipinski definition) is 1. The van der Waals surface area contributed by atoms with Gasteiger partial charge in [0.25, 0.3) is 0 Å². The first kappa shape index (κ1) is 13.5. The normalized spacial score (nSPS) is 9.00. The van der Waals surface area contributed by atoms with Crippen LogP contribution in [-0.4, -0.2) is 42.6 Å². The van der Waals surface area contributed by atoms with Gasteiger partial charge in [-0.2, -0.15) is 0 Å². The van der Waals surface area contributed by atoms with E-state index in [0.717, 1.165) is 0 Å². The van der Waals surface area contributed by atoms with Gasteiger partial charge in [0.05, 0.1) is 0 Å². The van der Waals surface area contributed by atoms with Crippen molar-refractivity contribution in [1.82, 2.24) is 5.32 Å². The second kappa shape index (κ2) is 12.6. The molecule has 0 rings (SSSR count). The minimum absolute atomic E-state index is 0. The Bertz CT molecular complexity index is 42.5. The van der Waals surface area contributed by atoms with Crippen LogP contribution >= 0.6 is 0 Å². The Kier molecular flexibility index (Phi) is 17.1. The molecule has 1 N–H and O–H groups in total. The fourth-order valence-electron chi connectivity index (χ4n) is 0.729. The van der Waals surface area contributed by atoms with Gasteiger partial charge in [-0.25, -0.2) is 0 Å². The molecule has 0 spiro atoms. The van der Waals surface area contributed by atoms with Gasteiger partial charge in [-0.05, 0) is 25.9 Å². The molecule has 0 atom stereocenters. The van der Waals surface area contributed by atoms with E-state index >= 15 is 0 Å². The van der Waals surface area contributed by atoms with Gasteiger partial charge in [-0.15, -0.1) is 0 Å². The SMILES string of the molecule is CCCCNCCCC.[Na]. The largest absolute Gasteiger partial charge is 0.317 e. The van der Waals surface area contributed by atoms with Crippen LogP contribution in [0.2, 0.25) is 0 Å². The number of nitrogens with one attached hydrogen (secondary N) is 1. The van der Waals surface area contributed by atoms with Crippen molar-refractivity contribution >= 4 is 29.6 Å². The summed E-state index contributed by atoms with van der Waals surface area (Å²) >= 11 is 0. The Hall–Kier alpha value is 0.960. The average Bonchev–Trinajstić information content (AvgIpc) is 1.89. The zero-order chi connectivity index (χ0) is 6.95. The first-order valence-electron chi connectivity index (χ1n) is 4.12. The molecule has 0 unspecified atom stereocenters. The molecule has 0 heterocycles. The molecule has 0 saturated carbocycles. The van der Waals surface area contributed by atoms with Crippen molar-refractivity contribution < 1.29 is 0 Å². The molecular formula is C8H19NNa. The second-order valence-electron chi connectivity index (χ2n) is 2.46. The fourth-order valence-corrected chi connectivity index (χ4v) is 0.729. The third-order valence-corrected chi connectivity index (χ3v) is 1.41. The Morgan fingerprint density at radius 1 is 0.900 bits per heavy atom. The molecule has 10 heavy (non-hydrogen) atoms. The first-order chi connectivity index (χ1) is 4.41. The van der Waals surface area contributed by atoms with Crippen LogP contribution in [0.1, 0.15) is 39.5 Å². The summed E-state index contributed by atoms with van der Waals surface area (Å²) in [6.45, 7) is 6.86. The molecule has 0 bridgehead atoms. The Morgan fingerprint density at radius 2 is 1.30 bits per heavy atom. The molecule has 0 saturated heterocycles. The minimum atomic E-state index is 0. The van der Waals surface area contributed by atoms with E-state index in [9.17, 15) is 0 Å². The van der Waals surface area contributed by atoms with Gasteiger partial charge < -0.3 is 5.32 Å². The molecule has 0 aromatic rings. The standard InChI is InChI=1S/C8H19N.Na/c1-3-5-7-9-8-6-4-2;/h9H,3-8H2,1-2H3;. The predicted molar refractivity (Wildman–Crippen MR) is 48.4 cm³/mol. The molecular weight excluding hydrogens is 133 g/mol. The van der Waals surface area contributed by atoms with E-state index in [2.05, 4.69) is 19.2 Å². The van der Waals surface area contributed by atoms with Crippen LogP contribution in [0, 0.1) is 0 Å². The van der Waals surface area contributed by atoms with Crippen LogP contribution in [0.5, 0.6) is 0 Å². The van der Waals surface area contributed by atoms with Crippen molar-refractivity contribution in [3.63, 3.8) is 0 Å². The molecule has 0 amide bonds. The third-order valence-electron chi connectivity index (χ3n) is 1.41. The van der Waals surface area contributed by atoms with Gasteiger partial charge in [0, 0.05) is 29.6 Å². The molecule has 57 valence electrons. The predicted octanol–water partition coefficient (Wildman–Crippen LogP) is 1.80. The van der Waals surface area contributed by atoms with Gasteiger partial charge in [0.2, 0.25) is 0 Å². The van der Waals surface area contributed by atoms with Crippen LogP contribution in [0.4, 0.5) is 0 Å². The van der Waals surface area contributed by atoms with Crippen molar-refractivity contribution in [2.75, 3.05) is 13.1 Å². The van der Waals surface area contributed by atoms with Gasteiger partial charge in [-0.1, -0.05) is 26.7 Å². The summed E-state index contributed by atoms with van der Waals surface area (Å²) in [6.07, 6.45) is 5.26. The van der Waals surface area contributed by atoms with E-state index in [1.165, 1.54) is 38.8 Å². The summed E-state index contributed by atoms with van der Waals surface area (Å²) in [6, 6.07) is 0. The molecule has 0 aromatic carbocycles. The summed E-state index contributed by atoms with van der Waals surface area (Å²) in [5.41, 5.74) is 0. The van der Waals surface area contributed by atoms with E-state index in [4.69, 9.17) is 0 Å². The molecule has 1 radical (unpaired) electrons. The quantitative estimate of drug-likeness (QED) is 0.452. The van der Waals surface area contributed by atoms with Gasteiger partial charge in [-0.3, -0.25) is 0 Å². The molecule has 2 heteroatoms. The monoisotopic (exact) mass is 152 g/mol. The van der Waals surface area contributed by atoms with E-state index < -0.39 is 0 Å². The number of hydrogen-bond donors (Lipinski definition) is 1. The molecule has 0 aromatic heterocycles. The van der Waals surface area contributed by atoms with E-state index in [1.54, 1.807) is 0 Å². The van der Waals surface area contributed by atoms with Gasteiger partial charge in [0.15, 0.2) is 0 Å². The summed E-state index contributed by atoms with van der Waals surface area (Å²) in [7, 11) is 0. The molecule has 0 aliphatic rings. The second-order valence-corrected chi connectivity index (χ2v) is 2.46. The van der Waals surface area contributed by atoms with Crippen molar-refractivity contribution in [2.24, 2.45) is 0 Å². The Balaban J connectivity index is 0. The topological polar surface area (TPSA) is 12.0 Å². The zero-order valence-corrected chi connectivity index (χ0v) is 9.74. The first-order valence-corrected chi connectivity index (χ1v) is 4.12. The van der Waals surface area contributed by atoms with Crippen LogP contribution in [0.15, 0.2) is 0 Å². The minimum Gasteiger partial charge on any atom is -0.317 e. The van der Waals surface area contributed by atoms with Crippen molar-refractivity contribution in [1.29, 1.82) is 0 Å². The van der Waals surface area contributed by atoms with Crippen molar-refractivity contribution in [3.05, 3.63) is 0 Å². The van der Waals surface area contributed by atoms with Crippen molar-refractivity contribution in [3.8, 4) is 0 Å². The summed E-state index contributed by atoms with van der Waals surface area (Å²) < 4.78 is 0. The average molecular weight is 152 g/mol. The van der Waals surface area contributed by atoms with Gasteiger partial charge in [0.1, 0.15) is 0 Å². The third kappa shape index (κ3) is 11.7. The zero-order valence-electron chi connectivity index (χ0n) is 7.74. The number of unbranched alkanes of at least 4 members (excludes halogenated alkanes) is 2. The maximum Gasteiger partial charge on any atom is 0 e. The van der Waals surface area contributed by atoms with Crippen LogP contribution in [-0.2, 0) is 0 Å². The molecule has 0 aliphatic carbocycles. The smallest absolute Gasteiger partial charge is 0 e. The summed E-state index contributed by atoms with van der Waals surface area (Å²) in [5, 5.41) is 3.39. The van der Waals surface area contributed by atoms with Gasteiger partial charge >= 0.3 is 0 Å². The fraction of sp³-hybridized carbons (Fsp3) is 1.00. The molecule has 1 nitrogen and oxygen atoms in total. The van der Waals surface area contributed by atoms with E-state index in [1.807, 2.05) is 0 Å². The van der Waals surface area contributed by atoms with Crippen LogP contribution in [0.25, 0.3) is 0 Å². The van der Waals surface area contributed by atoms with E-state index in [-0.39, 0.29) is 29.6 Å². The molecule has 0 aliphatic heterocycles. The van der Waals surface area contributed by atoms with Crippen LogP contribution < -0.4 is 5.32 Å². The molecule has 0 fully saturated rings.